The van der Waals surface area contributed by atoms with E-state index in [9.17, 15) is 0 Å². The average molecular weight is 365 g/mol. The van der Waals surface area contributed by atoms with Gasteiger partial charge < -0.3 is 20.3 Å². The van der Waals surface area contributed by atoms with Gasteiger partial charge in [-0.15, -0.1) is 0 Å². The van der Waals surface area contributed by atoms with Gasteiger partial charge in [0.05, 0.1) is 6.10 Å². The van der Waals surface area contributed by atoms with Gasteiger partial charge in [0, 0.05) is 31.7 Å². The van der Waals surface area contributed by atoms with Crippen LogP contribution in [0, 0.1) is 11.3 Å². The van der Waals surface area contributed by atoms with Crippen LogP contribution in [0.1, 0.15) is 65.2 Å². The molecule has 1 spiro atoms. The molecule has 3 aliphatic rings. The summed E-state index contributed by atoms with van der Waals surface area (Å²) in [4.78, 5) is 7.06. The number of likely N-dealkylation sites (tertiary alicyclic amines) is 1. The molecule has 0 amide bonds. The van der Waals surface area contributed by atoms with Crippen molar-refractivity contribution in [3.05, 3.63) is 0 Å². The number of aliphatic imine (C=N–C) groups is 1. The lowest BCUT2D eigenvalue weighted by Crippen LogP contribution is -2.65. The molecule has 5 heteroatoms. The Bertz CT molecular complexity index is 453. The molecule has 1 saturated heterocycles. The van der Waals surface area contributed by atoms with Crippen LogP contribution in [0.5, 0.6) is 0 Å². The zero-order valence-corrected chi connectivity index (χ0v) is 17.2. The van der Waals surface area contributed by atoms with E-state index in [1.807, 2.05) is 7.05 Å². The lowest BCUT2D eigenvalue weighted by molar-refractivity contribution is -0.125. The Hall–Kier alpha value is -0.810. The first kappa shape index (κ1) is 19.9. The fourth-order valence-electron chi connectivity index (χ4n) is 5.43. The molecule has 2 saturated carbocycles. The number of hydrogen-bond donors (Lipinski definition) is 2. The van der Waals surface area contributed by atoms with Gasteiger partial charge in [-0.25, -0.2) is 0 Å². The van der Waals surface area contributed by atoms with E-state index in [-0.39, 0.29) is 0 Å². The Morgan fingerprint density at radius 2 is 1.92 bits per heavy atom. The zero-order valence-electron chi connectivity index (χ0n) is 17.2. The van der Waals surface area contributed by atoms with Gasteiger partial charge in [0.15, 0.2) is 5.96 Å². The maximum Gasteiger partial charge on any atom is 0.191 e. The maximum absolute atomic E-state index is 6.04. The van der Waals surface area contributed by atoms with Crippen LogP contribution in [0.2, 0.25) is 0 Å². The molecule has 0 aromatic carbocycles. The van der Waals surface area contributed by atoms with Crippen molar-refractivity contribution < 1.29 is 4.74 Å². The lowest BCUT2D eigenvalue weighted by Gasteiger charge is -2.54. The van der Waals surface area contributed by atoms with Crippen molar-refractivity contribution in [3.63, 3.8) is 0 Å². The summed E-state index contributed by atoms with van der Waals surface area (Å²) < 4.78 is 6.04. The molecule has 0 aromatic heterocycles. The highest BCUT2D eigenvalue weighted by Crippen LogP contribution is 2.54. The summed E-state index contributed by atoms with van der Waals surface area (Å²) in [6.45, 7) is 10.0. The van der Waals surface area contributed by atoms with Crippen molar-refractivity contribution in [1.29, 1.82) is 0 Å². The monoisotopic (exact) mass is 364 g/mol. The average Bonchev–Trinajstić information content (AvgIpc) is 3.19. The molecular weight excluding hydrogens is 324 g/mol. The van der Waals surface area contributed by atoms with Crippen LogP contribution in [0.4, 0.5) is 0 Å². The SMILES string of the molecule is CCOC1CC(NC(=NC)NCCC2CCN(CC)CC2)C12CCCC2. The van der Waals surface area contributed by atoms with Crippen LogP contribution < -0.4 is 10.6 Å². The van der Waals surface area contributed by atoms with Gasteiger partial charge in [-0.1, -0.05) is 19.8 Å². The third-order valence-corrected chi connectivity index (χ3v) is 7.22. The number of nitrogens with one attached hydrogen (secondary N) is 2. The van der Waals surface area contributed by atoms with Crippen LogP contribution in [-0.2, 0) is 4.74 Å². The van der Waals surface area contributed by atoms with E-state index in [1.54, 1.807) is 0 Å². The van der Waals surface area contributed by atoms with E-state index >= 15 is 0 Å². The van der Waals surface area contributed by atoms with Gasteiger partial charge in [0.25, 0.3) is 0 Å². The highest BCUT2D eigenvalue weighted by molar-refractivity contribution is 5.80. The summed E-state index contributed by atoms with van der Waals surface area (Å²) in [6.07, 6.45) is 10.9. The van der Waals surface area contributed by atoms with E-state index in [4.69, 9.17) is 4.74 Å². The highest BCUT2D eigenvalue weighted by atomic mass is 16.5. The quantitative estimate of drug-likeness (QED) is 0.539. The Balaban J connectivity index is 1.41. The third kappa shape index (κ3) is 4.36. The van der Waals surface area contributed by atoms with Gasteiger partial charge in [-0.3, -0.25) is 4.99 Å². The number of hydrogen-bond acceptors (Lipinski definition) is 3. The largest absolute Gasteiger partial charge is 0.378 e. The zero-order chi connectivity index (χ0) is 18.4. The molecule has 5 nitrogen and oxygen atoms in total. The second kappa shape index (κ2) is 9.41. The first-order valence-corrected chi connectivity index (χ1v) is 11.0. The van der Waals surface area contributed by atoms with Crippen molar-refractivity contribution in [1.82, 2.24) is 15.5 Å². The highest BCUT2D eigenvalue weighted by Gasteiger charge is 2.56. The van der Waals surface area contributed by atoms with Crippen molar-refractivity contribution in [2.45, 2.75) is 77.4 Å². The summed E-state index contributed by atoms with van der Waals surface area (Å²) in [5, 5.41) is 7.31. The Kier molecular flexibility index (Phi) is 7.21. The molecule has 150 valence electrons. The van der Waals surface area contributed by atoms with Gasteiger partial charge in [0.2, 0.25) is 0 Å². The molecule has 26 heavy (non-hydrogen) atoms. The van der Waals surface area contributed by atoms with Gasteiger partial charge >= 0.3 is 0 Å². The van der Waals surface area contributed by atoms with Crippen molar-refractivity contribution in [3.8, 4) is 0 Å². The molecular formula is C21H40N4O. The fourth-order valence-corrected chi connectivity index (χ4v) is 5.43. The molecule has 3 fully saturated rings. The standard InChI is InChI=1S/C21H40N4O/c1-4-25-14-9-17(10-15-25)8-13-23-20(22-3)24-18-16-19(26-5-2)21(18)11-6-7-12-21/h17-19H,4-16H2,1-3H3,(H2,22,23,24). The predicted octanol–water partition coefficient (Wildman–Crippen LogP) is 3.01. The molecule has 1 heterocycles. The Morgan fingerprint density at radius 1 is 1.19 bits per heavy atom. The summed E-state index contributed by atoms with van der Waals surface area (Å²) in [7, 11) is 1.90. The van der Waals surface area contributed by atoms with E-state index < -0.39 is 0 Å². The molecule has 2 N–H and O–H groups in total. The molecule has 0 bridgehead atoms. The number of rotatable bonds is 7. The maximum atomic E-state index is 6.04. The smallest absolute Gasteiger partial charge is 0.191 e. The minimum Gasteiger partial charge on any atom is -0.378 e. The molecule has 2 unspecified atom stereocenters. The molecule has 2 atom stereocenters. The fraction of sp³-hybridized carbons (Fsp3) is 0.952. The van der Waals surface area contributed by atoms with E-state index in [2.05, 4.69) is 34.4 Å². The van der Waals surface area contributed by atoms with Crippen LogP contribution >= 0.6 is 0 Å². The first-order valence-electron chi connectivity index (χ1n) is 11.0. The minimum atomic E-state index is 0.362. The van der Waals surface area contributed by atoms with Gasteiger partial charge in [0.1, 0.15) is 0 Å². The van der Waals surface area contributed by atoms with Crippen LogP contribution in [0.3, 0.4) is 0 Å². The van der Waals surface area contributed by atoms with Gasteiger partial charge in [-0.05, 0) is 71.0 Å². The van der Waals surface area contributed by atoms with E-state index in [1.165, 1.54) is 64.6 Å². The number of nitrogens with zero attached hydrogens (tertiary/aromatic N) is 2. The Morgan fingerprint density at radius 3 is 2.54 bits per heavy atom. The molecule has 1 aliphatic heterocycles. The molecule has 3 rings (SSSR count). The van der Waals surface area contributed by atoms with Gasteiger partial charge in [-0.2, -0.15) is 0 Å². The number of ether oxygens (including phenoxy) is 1. The van der Waals surface area contributed by atoms with Crippen molar-refractivity contribution in [2.24, 2.45) is 16.3 Å². The normalized spacial score (nSPS) is 29.7. The predicted molar refractivity (Wildman–Crippen MR) is 109 cm³/mol. The minimum absolute atomic E-state index is 0.362. The third-order valence-electron chi connectivity index (χ3n) is 7.22. The number of piperidine rings is 1. The second-order valence-electron chi connectivity index (χ2n) is 8.48. The summed E-state index contributed by atoms with van der Waals surface area (Å²) >= 11 is 0. The lowest BCUT2D eigenvalue weighted by atomic mass is 9.60. The molecule has 0 aromatic rings. The summed E-state index contributed by atoms with van der Waals surface area (Å²) in [5.74, 6) is 1.86. The Labute approximate surface area is 160 Å². The van der Waals surface area contributed by atoms with Crippen molar-refractivity contribution >= 4 is 5.96 Å². The molecule has 2 aliphatic carbocycles. The van der Waals surface area contributed by atoms with Crippen LogP contribution in [-0.4, -0.2) is 62.8 Å². The summed E-state index contributed by atoms with van der Waals surface area (Å²) in [5.41, 5.74) is 0.362. The number of guanidine groups is 1. The van der Waals surface area contributed by atoms with E-state index in [0.29, 0.717) is 17.6 Å². The first-order chi connectivity index (χ1) is 12.7. The van der Waals surface area contributed by atoms with Crippen LogP contribution in [0.25, 0.3) is 0 Å². The summed E-state index contributed by atoms with van der Waals surface area (Å²) in [6, 6.07) is 0.528. The second-order valence-corrected chi connectivity index (χ2v) is 8.48. The molecule has 0 radical (unpaired) electrons. The van der Waals surface area contributed by atoms with Crippen molar-refractivity contribution in [2.75, 3.05) is 39.8 Å². The van der Waals surface area contributed by atoms with Crippen LogP contribution in [0.15, 0.2) is 4.99 Å². The topological polar surface area (TPSA) is 48.9 Å². The van der Waals surface area contributed by atoms with E-state index in [0.717, 1.165) is 31.4 Å².